The summed E-state index contributed by atoms with van der Waals surface area (Å²) in [6, 6.07) is 6.20. The van der Waals surface area contributed by atoms with Crippen molar-refractivity contribution in [3.63, 3.8) is 0 Å². The number of nitrogens with two attached hydrogens (primary N) is 1. The lowest BCUT2D eigenvalue weighted by Gasteiger charge is -2.18. The molecule has 0 amide bonds. The summed E-state index contributed by atoms with van der Waals surface area (Å²) < 4.78 is 6.21. The molecule has 90 valence electrons. The summed E-state index contributed by atoms with van der Waals surface area (Å²) in [5.74, 6) is 1.96. The first kappa shape index (κ1) is 13.5. The van der Waals surface area contributed by atoms with E-state index in [0.717, 1.165) is 16.6 Å². The first-order valence-corrected chi connectivity index (χ1v) is 6.41. The molecule has 0 aliphatic heterocycles. The number of methoxy groups -OCH3 is 1. The lowest BCUT2D eigenvalue weighted by molar-refractivity contribution is 0.411. The van der Waals surface area contributed by atoms with Crippen LogP contribution in [-0.4, -0.2) is 13.7 Å². The monoisotopic (exact) mass is 285 g/mol. The molecule has 0 aliphatic carbocycles. The first-order valence-electron chi connectivity index (χ1n) is 5.62. The summed E-state index contributed by atoms with van der Waals surface area (Å²) in [5.41, 5.74) is 7.11. The molecule has 0 radical (unpaired) electrons. The number of halogens is 1. The lowest BCUT2D eigenvalue weighted by Crippen LogP contribution is -2.14. The van der Waals surface area contributed by atoms with E-state index in [-0.39, 0.29) is 0 Å². The Labute approximate surface area is 106 Å². The SMILES string of the molecule is COc1ccc(C(CN)CC(C)C)cc1Br. The fraction of sp³-hybridized carbons (Fsp3) is 0.538. The Balaban J connectivity index is 2.89. The second-order valence-electron chi connectivity index (χ2n) is 4.46. The first-order chi connectivity index (χ1) is 7.58. The highest BCUT2D eigenvalue weighted by Gasteiger charge is 2.13. The molecule has 2 nitrogen and oxygen atoms in total. The maximum atomic E-state index is 5.83. The molecule has 0 aromatic heterocycles. The average Bonchev–Trinajstić information content (AvgIpc) is 2.25. The molecule has 3 heteroatoms. The summed E-state index contributed by atoms with van der Waals surface area (Å²) in [4.78, 5) is 0. The van der Waals surface area contributed by atoms with Crippen molar-refractivity contribution in [2.45, 2.75) is 26.2 Å². The Kier molecular flexibility index (Phi) is 5.29. The maximum Gasteiger partial charge on any atom is 0.133 e. The van der Waals surface area contributed by atoms with Gasteiger partial charge < -0.3 is 10.5 Å². The van der Waals surface area contributed by atoms with Crippen LogP contribution in [-0.2, 0) is 0 Å². The number of benzene rings is 1. The second kappa shape index (κ2) is 6.26. The third kappa shape index (κ3) is 3.49. The van der Waals surface area contributed by atoms with Crippen LogP contribution in [0.2, 0.25) is 0 Å². The molecule has 1 rings (SSSR count). The van der Waals surface area contributed by atoms with Gasteiger partial charge in [-0.3, -0.25) is 0 Å². The zero-order valence-electron chi connectivity index (χ0n) is 10.2. The second-order valence-corrected chi connectivity index (χ2v) is 5.31. The molecular formula is C13H20BrNO. The molecule has 0 bridgehead atoms. The Morgan fingerprint density at radius 2 is 2.06 bits per heavy atom. The van der Waals surface area contributed by atoms with Gasteiger partial charge in [0.15, 0.2) is 0 Å². The number of ether oxygens (including phenoxy) is 1. The Bertz CT molecular complexity index is 339. The minimum absolute atomic E-state index is 0.433. The highest BCUT2D eigenvalue weighted by molar-refractivity contribution is 9.10. The van der Waals surface area contributed by atoms with Crippen molar-refractivity contribution in [1.82, 2.24) is 0 Å². The summed E-state index contributed by atoms with van der Waals surface area (Å²) in [7, 11) is 1.67. The number of hydrogen-bond donors (Lipinski definition) is 1. The third-order valence-corrected chi connectivity index (χ3v) is 3.31. The van der Waals surface area contributed by atoms with Crippen LogP contribution in [0.1, 0.15) is 31.7 Å². The van der Waals surface area contributed by atoms with E-state index in [1.165, 1.54) is 5.56 Å². The van der Waals surface area contributed by atoms with Crippen molar-refractivity contribution in [3.05, 3.63) is 28.2 Å². The van der Waals surface area contributed by atoms with Gasteiger partial charge in [-0.2, -0.15) is 0 Å². The molecule has 1 atom stereocenters. The van der Waals surface area contributed by atoms with Gasteiger partial charge in [-0.25, -0.2) is 0 Å². The minimum atomic E-state index is 0.433. The molecule has 0 fully saturated rings. The highest BCUT2D eigenvalue weighted by atomic mass is 79.9. The molecule has 1 unspecified atom stereocenters. The molecule has 1 aromatic carbocycles. The van der Waals surface area contributed by atoms with Gasteiger partial charge in [-0.1, -0.05) is 19.9 Å². The Morgan fingerprint density at radius 1 is 1.38 bits per heavy atom. The smallest absolute Gasteiger partial charge is 0.133 e. The molecule has 0 saturated carbocycles. The highest BCUT2D eigenvalue weighted by Crippen LogP contribution is 2.30. The van der Waals surface area contributed by atoms with Crippen LogP contribution >= 0.6 is 15.9 Å². The van der Waals surface area contributed by atoms with E-state index in [1.54, 1.807) is 7.11 Å². The number of rotatable bonds is 5. The zero-order chi connectivity index (χ0) is 12.1. The molecule has 0 spiro atoms. The summed E-state index contributed by atoms with van der Waals surface area (Å²) in [6.45, 7) is 5.14. The van der Waals surface area contributed by atoms with E-state index in [4.69, 9.17) is 10.5 Å². The zero-order valence-corrected chi connectivity index (χ0v) is 11.8. The summed E-state index contributed by atoms with van der Waals surface area (Å²) >= 11 is 3.51. The van der Waals surface area contributed by atoms with Crippen molar-refractivity contribution in [2.75, 3.05) is 13.7 Å². The topological polar surface area (TPSA) is 35.2 Å². The lowest BCUT2D eigenvalue weighted by atomic mass is 9.90. The van der Waals surface area contributed by atoms with Gasteiger partial charge in [0, 0.05) is 0 Å². The van der Waals surface area contributed by atoms with Crippen molar-refractivity contribution >= 4 is 15.9 Å². The van der Waals surface area contributed by atoms with E-state index in [0.29, 0.717) is 18.4 Å². The quantitative estimate of drug-likeness (QED) is 0.898. The largest absolute Gasteiger partial charge is 0.496 e. The van der Waals surface area contributed by atoms with E-state index >= 15 is 0 Å². The average molecular weight is 286 g/mol. The van der Waals surface area contributed by atoms with Crippen LogP contribution in [0.25, 0.3) is 0 Å². The third-order valence-electron chi connectivity index (χ3n) is 2.69. The van der Waals surface area contributed by atoms with Crippen molar-refractivity contribution in [1.29, 1.82) is 0 Å². The van der Waals surface area contributed by atoms with Gasteiger partial charge in [0.2, 0.25) is 0 Å². The van der Waals surface area contributed by atoms with E-state index in [2.05, 4.69) is 41.9 Å². The Hall–Kier alpha value is -0.540. The van der Waals surface area contributed by atoms with E-state index in [9.17, 15) is 0 Å². The van der Waals surface area contributed by atoms with Gasteiger partial charge in [-0.05, 0) is 58.4 Å². The van der Waals surface area contributed by atoms with E-state index < -0.39 is 0 Å². The van der Waals surface area contributed by atoms with Gasteiger partial charge in [-0.15, -0.1) is 0 Å². The van der Waals surface area contributed by atoms with Crippen LogP contribution in [0.3, 0.4) is 0 Å². The van der Waals surface area contributed by atoms with Crippen molar-refractivity contribution in [3.8, 4) is 5.75 Å². The van der Waals surface area contributed by atoms with Crippen LogP contribution < -0.4 is 10.5 Å². The number of hydrogen-bond acceptors (Lipinski definition) is 2. The van der Waals surface area contributed by atoms with Crippen molar-refractivity contribution in [2.24, 2.45) is 11.7 Å². The van der Waals surface area contributed by atoms with E-state index in [1.807, 2.05) is 6.07 Å². The van der Waals surface area contributed by atoms with Crippen LogP contribution in [0, 0.1) is 5.92 Å². The van der Waals surface area contributed by atoms with Gasteiger partial charge in [0.05, 0.1) is 11.6 Å². The van der Waals surface area contributed by atoms with Crippen molar-refractivity contribution < 1.29 is 4.74 Å². The van der Waals surface area contributed by atoms with Gasteiger partial charge >= 0.3 is 0 Å². The molecular weight excluding hydrogens is 266 g/mol. The molecule has 16 heavy (non-hydrogen) atoms. The standard InChI is InChI=1S/C13H20BrNO/c1-9(2)6-11(8-15)10-4-5-13(16-3)12(14)7-10/h4-5,7,9,11H,6,8,15H2,1-3H3. The summed E-state index contributed by atoms with van der Waals surface area (Å²) in [6.07, 6.45) is 1.12. The molecule has 0 aliphatic rings. The fourth-order valence-electron chi connectivity index (χ4n) is 1.87. The minimum Gasteiger partial charge on any atom is -0.496 e. The van der Waals surface area contributed by atoms with Gasteiger partial charge in [0.1, 0.15) is 5.75 Å². The molecule has 0 heterocycles. The normalized spacial score (nSPS) is 12.9. The maximum absolute atomic E-state index is 5.83. The molecule has 2 N–H and O–H groups in total. The fourth-order valence-corrected chi connectivity index (χ4v) is 2.43. The molecule has 0 saturated heterocycles. The van der Waals surface area contributed by atoms with Gasteiger partial charge in [0.25, 0.3) is 0 Å². The molecule has 1 aromatic rings. The summed E-state index contributed by atoms with van der Waals surface area (Å²) in [5, 5.41) is 0. The predicted octanol–water partition coefficient (Wildman–Crippen LogP) is 3.55. The van der Waals surface area contributed by atoms with Crippen LogP contribution in [0.5, 0.6) is 5.75 Å². The Morgan fingerprint density at radius 3 is 2.50 bits per heavy atom. The van der Waals surface area contributed by atoms with Crippen LogP contribution in [0.15, 0.2) is 22.7 Å². The predicted molar refractivity (Wildman–Crippen MR) is 71.9 cm³/mol. The van der Waals surface area contributed by atoms with Crippen LogP contribution in [0.4, 0.5) is 0 Å².